The molecule has 3 aliphatic rings. The Labute approximate surface area is 166 Å². The highest BCUT2D eigenvalue weighted by atomic mass is 16.2. The molecule has 1 aromatic rings. The van der Waals surface area contributed by atoms with Crippen LogP contribution >= 0.6 is 0 Å². The molecule has 3 fully saturated rings. The van der Waals surface area contributed by atoms with E-state index in [1.165, 1.54) is 12.8 Å². The SMILES string of the molecule is CC1CCC(N2CC(C(=O)Nc3nc(C4CCNCC4)nn3C)CC2=O)CC1. The highest BCUT2D eigenvalue weighted by Crippen LogP contribution is 2.31. The Morgan fingerprint density at radius 1 is 1.14 bits per heavy atom. The molecule has 2 amide bonds. The van der Waals surface area contributed by atoms with Crippen molar-refractivity contribution in [3.63, 3.8) is 0 Å². The summed E-state index contributed by atoms with van der Waals surface area (Å²) in [7, 11) is 1.81. The Morgan fingerprint density at radius 2 is 1.86 bits per heavy atom. The summed E-state index contributed by atoms with van der Waals surface area (Å²) < 4.78 is 1.65. The molecule has 1 aromatic heterocycles. The Balaban J connectivity index is 1.36. The number of hydrogen-bond donors (Lipinski definition) is 2. The van der Waals surface area contributed by atoms with Gasteiger partial charge in [-0.05, 0) is 57.5 Å². The Hall–Kier alpha value is -1.96. The molecule has 28 heavy (non-hydrogen) atoms. The lowest BCUT2D eigenvalue weighted by molar-refractivity contribution is -0.130. The molecule has 8 nitrogen and oxygen atoms in total. The van der Waals surface area contributed by atoms with E-state index in [0.29, 0.717) is 30.9 Å². The Kier molecular flexibility index (Phi) is 5.66. The maximum Gasteiger partial charge on any atom is 0.232 e. The molecule has 0 aromatic carbocycles. The van der Waals surface area contributed by atoms with Gasteiger partial charge in [0.15, 0.2) is 5.82 Å². The van der Waals surface area contributed by atoms with Gasteiger partial charge in [0.1, 0.15) is 0 Å². The van der Waals surface area contributed by atoms with Gasteiger partial charge >= 0.3 is 0 Å². The molecule has 4 rings (SSSR count). The van der Waals surface area contributed by atoms with Gasteiger partial charge in [-0.1, -0.05) is 6.92 Å². The number of amides is 2. The lowest BCUT2D eigenvalue weighted by Gasteiger charge is -2.33. The van der Waals surface area contributed by atoms with Crippen molar-refractivity contribution in [3.05, 3.63) is 5.82 Å². The molecule has 3 heterocycles. The van der Waals surface area contributed by atoms with E-state index in [-0.39, 0.29) is 17.7 Å². The first-order valence-electron chi connectivity index (χ1n) is 10.7. The van der Waals surface area contributed by atoms with Crippen LogP contribution in [0.1, 0.15) is 63.6 Å². The zero-order valence-electron chi connectivity index (χ0n) is 17.0. The van der Waals surface area contributed by atoms with E-state index in [4.69, 9.17) is 0 Å². The number of anilines is 1. The van der Waals surface area contributed by atoms with Gasteiger partial charge in [0.2, 0.25) is 17.8 Å². The molecular formula is C20H32N6O2. The Morgan fingerprint density at radius 3 is 2.57 bits per heavy atom. The van der Waals surface area contributed by atoms with E-state index >= 15 is 0 Å². The van der Waals surface area contributed by atoms with E-state index in [0.717, 1.165) is 50.5 Å². The minimum Gasteiger partial charge on any atom is -0.339 e. The van der Waals surface area contributed by atoms with Gasteiger partial charge in [-0.2, -0.15) is 10.1 Å². The van der Waals surface area contributed by atoms with Crippen molar-refractivity contribution in [1.29, 1.82) is 0 Å². The zero-order valence-corrected chi connectivity index (χ0v) is 17.0. The lowest BCUT2D eigenvalue weighted by Crippen LogP contribution is -2.39. The smallest absolute Gasteiger partial charge is 0.232 e. The van der Waals surface area contributed by atoms with Gasteiger partial charge in [-0.25, -0.2) is 4.68 Å². The topological polar surface area (TPSA) is 92.2 Å². The molecule has 0 spiro atoms. The fraction of sp³-hybridized carbons (Fsp3) is 0.800. The van der Waals surface area contributed by atoms with Crippen molar-refractivity contribution >= 4 is 17.8 Å². The third kappa shape index (κ3) is 4.06. The lowest BCUT2D eigenvalue weighted by atomic mass is 9.87. The van der Waals surface area contributed by atoms with Gasteiger partial charge in [0.25, 0.3) is 0 Å². The number of nitrogens with zero attached hydrogens (tertiary/aromatic N) is 4. The van der Waals surface area contributed by atoms with E-state index in [1.54, 1.807) is 4.68 Å². The first kappa shape index (κ1) is 19.4. The molecule has 1 saturated carbocycles. The first-order chi connectivity index (χ1) is 13.5. The van der Waals surface area contributed by atoms with E-state index < -0.39 is 0 Å². The number of rotatable bonds is 4. The van der Waals surface area contributed by atoms with Crippen LogP contribution in [0.15, 0.2) is 0 Å². The van der Waals surface area contributed by atoms with Crippen molar-refractivity contribution in [1.82, 2.24) is 25.0 Å². The van der Waals surface area contributed by atoms with Crippen LogP contribution in [0.2, 0.25) is 0 Å². The summed E-state index contributed by atoms with van der Waals surface area (Å²) in [6, 6.07) is 0.308. The maximum atomic E-state index is 12.8. The van der Waals surface area contributed by atoms with E-state index in [9.17, 15) is 9.59 Å². The second-order valence-electron chi connectivity index (χ2n) is 8.79. The maximum absolute atomic E-state index is 12.8. The number of aromatic nitrogens is 3. The van der Waals surface area contributed by atoms with Crippen LogP contribution in [0.25, 0.3) is 0 Å². The van der Waals surface area contributed by atoms with Gasteiger partial charge in [-0.15, -0.1) is 0 Å². The van der Waals surface area contributed by atoms with Crippen LogP contribution < -0.4 is 10.6 Å². The number of carbonyl (C=O) groups is 2. The van der Waals surface area contributed by atoms with Crippen LogP contribution in [-0.4, -0.2) is 57.2 Å². The number of nitrogens with one attached hydrogen (secondary N) is 2. The second-order valence-corrected chi connectivity index (χ2v) is 8.79. The van der Waals surface area contributed by atoms with E-state index in [2.05, 4.69) is 27.6 Å². The quantitative estimate of drug-likeness (QED) is 0.818. The summed E-state index contributed by atoms with van der Waals surface area (Å²) in [6.07, 6.45) is 6.80. The minimum atomic E-state index is -0.300. The summed E-state index contributed by atoms with van der Waals surface area (Å²) in [4.78, 5) is 31.8. The summed E-state index contributed by atoms with van der Waals surface area (Å²) >= 11 is 0. The molecule has 154 valence electrons. The fourth-order valence-electron chi connectivity index (χ4n) is 4.79. The van der Waals surface area contributed by atoms with Crippen LogP contribution in [0.4, 0.5) is 5.95 Å². The number of likely N-dealkylation sites (tertiary alicyclic amines) is 1. The predicted octanol–water partition coefficient (Wildman–Crippen LogP) is 1.65. The molecule has 2 N–H and O–H groups in total. The minimum absolute atomic E-state index is 0.118. The number of hydrogen-bond acceptors (Lipinski definition) is 5. The number of aryl methyl sites for hydroxylation is 1. The zero-order chi connectivity index (χ0) is 19.7. The summed E-state index contributed by atoms with van der Waals surface area (Å²) in [5.74, 6) is 2.08. The average molecular weight is 389 g/mol. The molecular weight excluding hydrogens is 356 g/mol. The van der Waals surface area contributed by atoms with Crippen molar-refractivity contribution in [2.75, 3.05) is 25.0 Å². The molecule has 1 atom stereocenters. The monoisotopic (exact) mass is 388 g/mol. The van der Waals surface area contributed by atoms with Crippen molar-refractivity contribution in [2.45, 2.75) is 63.8 Å². The van der Waals surface area contributed by atoms with Gasteiger partial charge in [-0.3, -0.25) is 14.9 Å². The molecule has 0 bridgehead atoms. The summed E-state index contributed by atoms with van der Waals surface area (Å²) in [6.45, 7) is 4.76. The predicted molar refractivity (Wildman–Crippen MR) is 106 cm³/mol. The first-order valence-corrected chi connectivity index (χ1v) is 10.7. The third-order valence-corrected chi connectivity index (χ3v) is 6.67. The van der Waals surface area contributed by atoms with E-state index in [1.807, 2.05) is 11.9 Å². The van der Waals surface area contributed by atoms with Crippen molar-refractivity contribution < 1.29 is 9.59 Å². The number of carbonyl (C=O) groups excluding carboxylic acids is 2. The molecule has 0 radical (unpaired) electrons. The standard InChI is InChI=1S/C20H32N6O2/c1-13-3-5-16(6-4-13)26-12-15(11-17(26)27)19(28)23-20-22-18(24-25(20)2)14-7-9-21-10-8-14/h13-16,21H,3-12H2,1-2H3,(H,22,23,24,28). The average Bonchev–Trinajstić information content (AvgIpc) is 3.26. The Bertz CT molecular complexity index is 718. The normalized spacial score (nSPS) is 29.3. The molecule has 2 aliphatic heterocycles. The largest absolute Gasteiger partial charge is 0.339 e. The highest BCUT2D eigenvalue weighted by Gasteiger charge is 2.39. The van der Waals surface area contributed by atoms with Gasteiger partial charge < -0.3 is 10.2 Å². The van der Waals surface area contributed by atoms with Crippen molar-refractivity contribution in [2.24, 2.45) is 18.9 Å². The number of piperidine rings is 1. The highest BCUT2D eigenvalue weighted by molar-refractivity contribution is 5.96. The third-order valence-electron chi connectivity index (χ3n) is 6.67. The van der Waals surface area contributed by atoms with Crippen molar-refractivity contribution in [3.8, 4) is 0 Å². The van der Waals surface area contributed by atoms with Crippen LogP contribution in [0, 0.1) is 11.8 Å². The second kappa shape index (κ2) is 8.19. The molecule has 1 aliphatic carbocycles. The molecule has 8 heteroatoms. The van der Waals surface area contributed by atoms with Gasteiger partial charge in [0.05, 0.1) is 5.92 Å². The summed E-state index contributed by atoms with van der Waals surface area (Å²) in [5.41, 5.74) is 0. The van der Waals surface area contributed by atoms with Crippen LogP contribution in [0.3, 0.4) is 0 Å². The fourth-order valence-corrected chi connectivity index (χ4v) is 4.79. The van der Waals surface area contributed by atoms with Gasteiger partial charge in [0, 0.05) is 32.0 Å². The van der Waals surface area contributed by atoms with Crippen LogP contribution in [-0.2, 0) is 16.6 Å². The molecule has 1 unspecified atom stereocenters. The van der Waals surface area contributed by atoms with Crippen LogP contribution in [0.5, 0.6) is 0 Å². The molecule has 2 saturated heterocycles. The summed E-state index contributed by atoms with van der Waals surface area (Å²) in [5, 5.41) is 10.8.